The van der Waals surface area contributed by atoms with Gasteiger partial charge < -0.3 is 14.0 Å². The normalized spacial score (nSPS) is 17.6. The first kappa shape index (κ1) is 16.0. The molecule has 2 rings (SSSR count). The molecule has 0 aliphatic heterocycles. The summed E-state index contributed by atoms with van der Waals surface area (Å²) in [5.74, 6) is 0.242. The summed E-state index contributed by atoms with van der Waals surface area (Å²) in [6.45, 7) is 3.23. The smallest absolute Gasteiger partial charge is 0.231 e. The van der Waals surface area contributed by atoms with Crippen LogP contribution in [0, 0.1) is 0 Å². The Kier molecular flexibility index (Phi) is 5.76. The molecule has 1 N–H and O–H groups in total. The van der Waals surface area contributed by atoms with E-state index >= 15 is 0 Å². The Morgan fingerprint density at radius 2 is 2.14 bits per heavy atom. The van der Waals surface area contributed by atoms with E-state index in [4.69, 9.17) is 14.0 Å². The van der Waals surface area contributed by atoms with Crippen LogP contribution in [0.3, 0.4) is 0 Å². The van der Waals surface area contributed by atoms with Gasteiger partial charge in [0.05, 0.1) is 25.5 Å². The van der Waals surface area contributed by atoms with Gasteiger partial charge in [-0.1, -0.05) is 24.4 Å². The molecule has 1 fully saturated rings. The van der Waals surface area contributed by atoms with Crippen LogP contribution in [0.5, 0.6) is 0 Å². The van der Waals surface area contributed by atoms with Crippen molar-refractivity contribution in [2.24, 2.45) is 0 Å². The van der Waals surface area contributed by atoms with Crippen molar-refractivity contribution in [1.29, 1.82) is 0 Å². The van der Waals surface area contributed by atoms with Crippen molar-refractivity contribution >= 4 is 11.8 Å². The molecule has 0 spiro atoms. The van der Waals surface area contributed by atoms with E-state index in [9.17, 15) is 4.79 Å². The number of ether oxygens (including phenoxy) is 2. The number of carbonyl (C=O) groups is 1. The molecule has 1 aromatic heterocycles. The van der Waals surface area contributed by atoms with Crippen LogP contribution in [0.2, 0.25) is 0 Å². The molecule has 6 nitrogen and oxygen atoms in total. The molecule has 1 amide bonds. The second-order valence-electron chi connectivity index (χ2n) is 5.64. The van der Waals surface area contributed by atoms with Crippen LogP contribution in [0.15, 0.2) is 10.6 Å². The number of carbonyl (C=O) groups excluding carboxylic acids is 1. The van der Waals surface area contributed by atoms with E-state index in [-0.39, 0.29) is 11.3 Å². The Bertz CT molecular complexity index is 452. The van der Waals surface area contributed by atoms with Gasteiger partial charge in [-0.2, -0.15) is 0 Å². The molecule has 118 valence electrons. The molecule has 1 aromatic rings. The van der Waals surface area contributed by atoms with Crippen LogP contribution in [0.1, 0.15) is 44.7 Å². The zero-order chi connectivity index (χ0) is 15.1. The van der Waals surface area contributed by atoms with E-state index < -0.39 is 0 Å². The maximum atomic E-state index is 11.1. The van der Waals surface area contributed by atoms with Gasteiger partial charge >= 0.3 is 0 Å². The average Bonchev–Trinajstić information content (AvgIpc) is 2.93. The van der Waals surface area contributed by atoms with Crippen LogP contribution in [-0.4, -0.2) is 38.0 Å². The zero-order valence-electron chi connectivity index (χ0n) is 12.8. The topological polar surface area (TPSA) is 73.6 Å². The van der Waals surface area contributed by atoms with Gasteiger partial charge in [0.25, 0.3) is 0 Å². The third-order valence-electron chi connectivity index (χ3n) is 3.97. The minimum Gasteiger partial charge on any atom is -0.382 e. The number of nitrogens with zero attached hydrogens (tertiary/aromatic N) is 1. The molecule has 0 aromatic carbocycles. The molecular formula is C15H24N2O4. The van der Waals surface area contributed by atoms with Crippen molar-refractivity contribution in [3.63, 3.8) is 0 Å². The quantitative estimate of drug-likeness (QED) is 0.783. The van der Waals surface area contributed by atoms with Gasteiger partial charge in [-0.15, -0.1) is 0 Å². The van der Waals surface area contributed by atoms with Crippen LogP contribution in [0.4, 0.5) is 5.88 Å². The first-order valence-electron chi connectivity index (χ1n) is 7.48. The van der Waals surface area contributed by atoms with Crippen molar-refractivity contribution in [1.82, 2.24) is 5.16 Å². The van der Waals surface area contributed by atoms with Gasteiger partial charge in [0.1, 0.15) is 0 Å². The maximum Gasteiger partial charge on any atom is 0.231 e. The Morgan fingerprint density at radius 1 is 1.38 bits per heavy atom. The fourth-order valence-corrected chi connectivity index (χ4v) is 2.87. The van der Waals surface area contributed by atoms with Gasteiger partial charge in [0.15, 0.2) is 0 Å². The van der Waals surface area contributed by atoms with E-state index in [0.29, 0.717) is 25.7 Å². The van der Waals surface area contributed by atoms with E-state index in [1.165, 1.54) is 13.3 Å². The fraction of sp³-hybridized carbons (Fsp3) is 0.733. The summed E-state index contributed by atoms with van der Waals surface area (Å²) in [5.41, 5.74) is 0.773. The standard InChI is InChI=1S/C15H24N2O4/c1-12(18)16-14-10-13(17-21-14)15(6-4-3-5-7-15)11-20-9-8-19-2/h10H,3-9,11H2,1-2H3,(H,16,18). The van der Waals surface area contributed by atoms with Crippen molar-refractivity contribution in [2.45, 2.75) is 44.4 Å². The lowest BCUT2D eigenvalue weighted by molar-refractivity contribution is -0.114. The van der Waals surface area contributed by atoms with Gasteiger partial charge in [-0.05, 0) is 12.8 Å². The first-order chi connectivity index (χ1) is 10.2. The molecule has 1 heterocycles. The van der Waals surface area contributed by atoms with Crippen molar-refractivity contribution in [2.75, 3.05) is 32.2 Å². The molecule has 0 bridgehead atoms. The average molecular weight is 296 g/mol. The number of nitrogens with one attached hydrogen (secondary N) is 1. The Balaban J connectivity index is 2.07. The number of rotatable bonds is 7. The first-order valence-corrected chi connectivity index (χ1v) is 7.48. The highest BCUT2D eigenvalue weighted by molar-refractivity contribution is 5.87. The number of hydrogen-bond donors (Lipinski definition) is 1. The number of anilines is 1. The highest BCUT2D eigenvalue weighted by Gasteiger charge is 2.37. The summed E-state index contributed by atoms with van der Waals surface area (Å²) >= 11 is 0. The molecule has 1 saturated carbocycles. The number of hydrogen-bond acceptors (Lipinski definition) is 5. The maximum absolute atomic E-state index is 11.1. The molecule has 1 aliphatic rings. The monoisotopic (exact) mass is 296 g/mol. The third-order valence-corrected chi connectivity index (χ3v) is 3.97. The molecule has 21 heavy (non-hydrogen) atoms. The molecule has 0 unspecified atom stereocenters. The number of amides is 1. The highest BCUT2D eigenvalue weighted by atomic mass is 16.5. The summed E-state index contributed by atoms with van der Waals surface area (Å²) < 4.78 is 16.0. The Morgan fingerprint density at radius 3 is 2.81 bits per heavy atom. The van der Waals surface area contributed by atoms with Crippen molar-refractivity contribution < 1.29 is 18.8 Å². The summed E-state index contributed by atoms with van der Waals surface area (Å²) in [5, 5.41) is 6.79. The third kappa shape index (κ3) is 4.28. The lowest BCUT2D eigenvalue weighted by Gasteiger charge is -2.35. The number of aromatic nitrogens is 1. The summed E-state index contributed by atoms with van der Waals surface area (Å²) in [4.78, 5) is 11.1. The molecular weight excluding hydrogens is 272 g/mol. The predicted octanol–water partition coefficient (Wildman–Crippen LogP) is 2.50. The van der Waals surface area contributed by atoms with Gasteiger partial charge in [-0.3, -0.25) is 10.1 Å². The lowest BCUT2D eigenvalue weighted by Crippen LogP contribution is -2.35. The van der Waals surface area contributed by atoms with Crippen molar-refractivity contribution in [3.05, 3.63) is 11.8 Å². The lowest BCUT2D eigenvalue weighted by atomic mass is 9.72. The summed E-state index contributed by atoms with van der Waals surface area (Å²) in [6.07, 6.45) is 5.64. The molecule has 0 saturated heterocycles. The van der Waals surface area contributed by atoms with E-state index in [2.05, 4.69) is 10.5 Å². The van der Waals surface area contributed by atoms with Crippen LogP contribution < -0.4 is 5.32 Å². The fourth-order valence-electron chi connectivity index (χ4n) is 2.87. The minimum atomic E-state index is -0.160. The molecule has 6 heteroatoms. The van der Waals surface area contributed by atoms with E-state index in [1.54, 1.807) is 7.11 Å². The largest absolute Gasteiger partial charge is 0.382 e. The highest BCUT2D eigenvalue weighted by Crippen LogP contribution is 2.40. The second kappa shape index (κ2) is 7.56. The predicted molar refractivity (Wildman–Crippen MR) is 78.3 cm³/mol. The van der Waals surface area contributed by atoms with Gasteiger partial charge in [-0.25, -0.2) is 0 Å². The Hall–Kier alpha value is -1.40. The van der Waals surface area contributed by atoms with Gasteiger partial charge in [0, 0.05) is 25.5 Å². The van der Waals surface area contributed by atoms with E-state index in [0.717, 1.165) is 31.4 Å². The molecule has 1 aliphatic carbocycles. The van der Waals surface area contributed by atoms with Crippen molar-refractivity contribution in [3.8, 4) is 0 Å². The van der Waals surface area contributed by atoms with Gasteiger partial charge in [0.2, 0.25) is 11.8 Å². The van der Waals surface area contributed by atoms with E-state index in [1.807, 2.05) is 6.07 Å². The SMILES string of the molecule is COCCOCC1(c2cc(NC(C)=O)on2)CCCCC1. The second-order valence-corrected chi connectivity index (χ2v) is 5.64. The van der Waals surface area contributed by atoms with Crippen LogP contribution in [-0.2, 0) is 19.7 Å². The summed E-state index contributed by atoms with van der Waals surface area (Å²) in [6, 6.07) is 1.83. The molecule has 0 atom stereocenters. The minimum absolute atomic E-state index is 0.105. The summed E-state index contributed by atoms with van der Waals surface area (Å²) in [7, 11) is 1.66. The molecule has 0 radical (unpaired) electrons. The van der Waals surface area contributed by atoms with Crippen LogP contribution >= 0.6 is 0 Å². The number of methoxy groups -OCH3 is 1. The Labute approximate surface area is 125 Å². The zero-order valence-corrected chi connectivity index (χ0v) is 12.8. The van der Waals surface area contributed by atoms with Crippen LogP contribution in [0.25, 0.3) is 0 Å².